The van der Waals surface area contributed by atoms with Gasteiger partial charge in [-0.3, -0.25) is 9.59 Å². The third-order valence-electron chi connectivity index (χ3n) is 2.81. The average molecular weight is 233 g/mol. The van der Waals surface area contributed by atoms with Gasteiger partial charge in [-0.2, -0.15) is 0 Å². The van der Waals surface area contributed by atoms with E-state index in [2.05, 4.69) is 5.32 Å². The molecular formula is C14H19NO2. The summed E-state index contributed by atoms with van der Waals surface area (Å²) >= 11 is 0. The lowest BCUT2D eigenvalue weighted by atomic mass is 9.94. The lowest BCUT2D eigenvalue weighted by Gasteiger charge is -2.10. The molecule has 0 saturated carbocycles. The van der Waals surface area contributed by atoms with Gasteiger partial charge < -0.3 is 5.32 Å². The van der Waals surface area contributed by atoms with Gasteiger partial charge in [0.05, 0.1) is 0 Å². The Labute approximate surface area is 102 Å². The normalized spacial score (nSPS) is 10.1. The van der Waals surface area contributed by atoms with Crippen molar-refractivity contribution >= 4 is 11.7 Å². The number of Topliss-reactive ketones (excluding diaryl/α,β-unsaturated/α-hetero) is 1. The summed E-state index contributed by atoms with van der Waals surface area (Å²) in [5.74, 6) is -0.0515. The van der Waals surface area contributed by atoms with Crippen LogP contribution >= 0.6 is 0 Å². The molecule has 1 aromatic rings. The number of ketones is 1. The molecule has 0 unspecified atom stereocenters. The lowest BCUT2D eigenvalue weighted by molar-refractivity contribution is -0.120. The van der Waals surface area contributed by atoms with Crippen molar-refractivity contribution in [3.63, 3.8) is 0 Å². The van der Waals surface area contributed by atoms with E-state index in [4.69, 9.17) is 0 Å². The van der Waals surface area contributed by atoms with Gasteiger partial charge in [-0.25, -0.2) is 0 Å². The number of rotatable bonds is 4. The largest absolute Gasteiger partial charge is 0.359 e. The Kier molecular flexibility index (Phi) is 4.44. The number of carbonyl (C=O) groups excluding carboxylic acids is 2. The van der Waals surface area contributed by atoms with Crippen LogP contribution in [0.15, 0.2) is 12.1 Å². The molecule has 3 heteroatoms. The predicted octanol–water partition coefficient (Wildman–Crippen LogP) is 2.32. The van der Waals surface area contributed by atoms with Crippen molar-refractivity contribution in [3.8, 4) is 0 Å². The van der Waals surface area contributed by atoms with E-state index in [9.17, 15) is 9.59 Å². The Morgan fingerprint density at radius 2 is 1.59 bits per heavy atom. The molecule has 0 bridgehead atoms. The molecule has 17 heavy (non-hydrogen) atoms. The van der Waals surface area contributed by atoms with Gasteiger partial charge in [-0.05, 0) is 31.9 Å². The number of aryl methyl sites for hydroxylation is 3. The van der Waals surface area contributed by atoms with E-state index in [1.54, 1.807) is 7.05 Å². The molecule has 0 aliphatic heterocycles. The van der Waals surface area contributed by atoms with E-state index in [1.807, 2.05) is 32.9 Å². The lowest BCUT2D eigenvalue weighted by Crippen LogP contribution is -2.19. The van der Waals surface area contributed by atoms with Crippen LogP contribution in [0.1, 0.15) is 39.9 Å². The smallest absolute Gasteiger partial charge is 0.220 e. The fourth-order valence-corrected chi connectivity index (χ4v) is 2.10. The van der Waals surface area contributed by atoms with Crippen molar-refractivity contribution < 1.29 is 9.59 Å². The molecule has 3 nitrogen and oxygen atoms in total. The Morgan fingerprint density at radius 1 is 1.06 bits per heavy atom. The minimum Gasteiger partial charge on any atom is -0.359 e. The van der Waals surface area contributed by atoms with Crippen molar-refractivity contribution in [2.45, 2.75) is 33.6 Å². The van der Waals surface area contributed by atoms with Crippen LogP contribution in [-0.4, -0.2) is 18.7 Å². The Hall–Kier alpha value is -1.64. The van der Waals surface area contributed by atoms with Gasteiger partial charge in [0.15, 0.2) is 5.78 Å². The van der Waals surface area contributed by atoms with Crippen LogP contribution in [0, 0.1) is 20.8 Å². The molecule has 0 fully saturated rings. The fourth-order valence-electron chi connectivity index (χ4n) is 2.10. The maximum atomic E-state index is 12.0. The van der Waals surface area contributed by atoms with Crippen LogP contribution in [-0.2, 0) is 4.79 Å². The van der Waals surface area contributed by atoms with Crippen LogP contribution < -0.4 is 5.32 Å². The van der Waals surface area contributed by atoms with Gasteiger partial charge in [0.25, 0.3) is 0 Å². The van der Waals surface area contributed by atoms with E-state index >= 15 is 0 Å². The first-order valence-corrected chi connectivity index (χ1v) is 5.77. The third-order valence-corrected chi connectivity index (χ3v) is 2.81. The van der Waals surface area contributed by atoms with Gasteiger partial charge in [0.1, 0.15) is 0 Å². The molecule has 0 aromatic heterocycles. The highest BCUT2D eigenvalue weighted by molar-refractivity contribution is 6.00. The maximum absolute atomic E-state index is 12.0. The summed E-state index contributed by atoms with van der Waals surface area (Å²) in [6.45, 7) is 5.89. The topological polar surface area (TPSA) is 46.2 Å². The molecule has 0 aliphatic rings. The molecular weight excluding hydrogens is 214 g/mol. The van der Waals surface area contributed by atoms with E-state index in [-0.39, 0.29) is 24.5 Å². The van der Waals surface area contributed by atoms with E-state index < -0.39 is 0 Å². The number of hydrogen-bond donors (Lipinski definition) is 1. The molecule has 0 aliphatic carbocycles. The summed E-state index contributed by atoms with van der Waals surface area (Å²) in [6, 6.07) is 4.00. The summed E-state index contributed by atoms with van der Waals surface area (Å²) in [5, 5.41) is 2.52. The molecule has 1 N–H and O–H groups in total. The molecule has 0 radical (unpaired) electrons. The number of amides is 1. The van der Waals surface area contributed by atoms with Crippen molar-refractivity contribution in [1.29, 1.82) is 0 Å². The molecule has 0 saturated heterocycles. The van der Waals surface area contributed by atoms with E-state index in [0.29, 0.717) is 0 Å². The standard InChI is InChI=1S/C14H19NO2/c1-9-7-10(2)14(11(3)8-9)12(16)5-6-13(17)15-4/h7-8H,5-6H2,1-4H3,(H,15,17). The Balaban J connectivity index is 2.86. The van der Waals surface area contributed by atoms with Gasteiger partial charge in [-0.15, -0.1) is 0 Å². The second-order valence-corrected chi connectivity index (χ2v) is 4.37. The monoisotopic (exact) mass is 233 g/mol. The molecule has 1 amide bonds. The Bertz CT molecular complexity index is 427. The molecule has 1 rings (SSSR count). The predicted molar refractivity (Wildman–Crippen MR) is 68.3 cm³/mol. The van der Waals surface area contributed by atoms with Gasteiger partial charge in [0.2, 0.25) is 5.91 Å². The molecule has 0 atom stereocenters. The maximum Gasteiger partial charge on any atom is 0.220 e. The van der Waals surface area contributed by atoms with Crippen LogP contribution in [0.2, 0.25) is 0 Å². The van der Waals surface area contributed by atoms with E-state index in [0.717, 1.165) is 22.3 Å². The molecule has 92 valence electrons. The number of benzene rings is 1. The minimum atomic E-state index is -0.0965. The van der Waals surface area contributed by atoms with Gasteiger partial charge in [-0.1, -0.05) is 17.7 Å². The second kappa shape index (κ2) is 5.62. The van der Waals surface area contributed by atoms with Crippen molar-refractivity contribution in [3.05, 3.63) is 34.4 Å². The fraction of sp³-hybridized carbons (Fsp3) is 0.429. The first-order chi connectivity index (χ1) is 7.95. The van der Waals surface area contributed by atoms with Crippen LogP contribution in [0.4, 0.5) is 0 Å². The molecule has 1 aromatic carbocycles. The third kappa shape index (κ3) is 3.41. The Morgan fingerprint density at radius 3 is 2.06 bits per heavy atom. The van der Waals surface area contributed by atoms with E-state index in [1.165, 1.54) is 0 Å². The highest BCUT2D eigenvalue weighted by Crippen LogP contribution is 2.18. The average Bonchev–Trinajstić information content (AvgIpc) is 2.24. The highest BCUT2D eigenvalue weighted by Gasteiger charge is 2.13. The summed E-state index contributed by atoms with van der Waals surface area (Å²) in [5.41, 5.74) is 3.90. The number of hydrogen-bond acceptors (Lipinski definition) is 2. The zero-order valence-corrected chi connectivity index (χ0v) is 10.9. The van der Waals surface area contributed by atoms with Gasteiger partial charge >= 0.3 is 0 Å². The zero-order chi connectivity index (χ0) is 13.0. The minimum absolute atomic E-state index is 0.0450. The zero-order valence-electron chi connectivity index (χ0n) is 10.9. The van der Waals surface area contributed by atoms with Crippen LogP contribution in [0.3, 0.4) is 0 Å². The second-order valence-electron chi connectivity index (χ2n) is 4.37. The summed E-state index contributed by atoms with van der Waals surface area (Å²) in [7, 11) is 1.58. The first kappa shape index (κ1) is 13.4. The van der Waals surface area contributed by atoms with Gasteiger partial charge in [0, 0.05) is 25.5 Å². The van der Waals surface area contributed by atoms with Crippen molar-refractivity contribution in [2.24, 2.45) is 0 Å². The summed E-state index contributed by atoms with van der Waals surface area (Å²) < 4.78 is 0. The molecule has 0 spiro atoms. The quantitative estimate of drug-likeness (QED) is 0.811. The summed E-state index contributed by atoms with van der Waals surface area (Å²) in [4.78, 5) is 23.1. The van der Waals surface area contributed by atoms with Crippen molar-refractivity contribution in [2.75, 3.05) is 7.05 Å². The number of nitrogens with one attached hydrogen (secondary N) is 1. The van der Waals surface area contributed by atoms with Crippen LogP contribution in [0.5, 0.6) is 0 Å². The number of carbonyl (C=O) groups is 2. The molecule has 0 heterocycles. The van der Waals surface area contributed by atoms with Crippen molar-refractivity contribution in [1.82, 2.24) is 5.32 Å². The summed E-state index contributed by atoms with van der Waals surface area (Å²) in [6.07, 6.45) is 0.520. The highest BCUT2D eigenvalue weighted by atomic mass is 16.2. The van der Waals surface area contributed by atoms with Crippen LogP contribution in [0.25, 0.3) is 0 Å². The first-order valence-electron chi connectivity index (χ1n) is 5.77. The SMILES string of the molecule is CNC(=O)CCC(=O)c1c(C)cc(C)cc1C.